The zero-order valence-corrected chi connectivity index (χ0v) is 17.1. The van der Waals surface area contributed by atoms with Crippen LogP contribution < -0.4 is 0 Å². The average Bonchev–Trinajstić information content (AvgIpc) is 2.78. The maximum absolute atomic E-state index is 12.6. The summed E-state index contributed by atoms with van der Waals surface area (Å²) in [5.74, 6) is 2.46. The van der Waals surface area contributed by atoms with Crippen LogP contribution in [-0.4, -0.2) is 22.8 Å². The van der Waals surface area contributed by atoms with Gasteiger partial charge in [-0.15, -0.1) is 0 Å². The molecule has 25 heavy (non-hydrogen) atoms. The lowest BCUT2D eigenvalue weighted by molar-refractivity contribution is -0.141. The Balaban J connectivity index is 1.72. The number of amides is 2. The van der Waals surface area contributed by atoms with E-state index < -0.39 is 0 Å². The number of rotatable bonds is 9. The molecule has 4 atom stereocenters. The minimum Gasteiger partial charge on any atom is -0.280 e. The number of hydrogen-bond acceptors (Lipinski definition) is 2. The highest BCUT2D eigenvalue weighted by molar-refractivity contribution is 6.05. The molecule has 2 aliphatic rings. The van der Waals surface area contributed by atoms with Gasteiger partial charge >= 0.3 is 0 Å². The zero-order valence-electron chi connectivity index (χ0n) is 17.1. The molecule has 2 fully saturated rings. The molecule has 1 aliphatic heterocycles. The summed E-state index contributed by atoms with van der Waals surface area (Å²) in [6, 6.07) is 0.00994. The Bertz CT molecular complexity index is 457. The lowest BCUT2D eigenvalue weighted by Crippen LogP contribution is -2.37. The average molecular weight is 350 g/mol. The van der Waals surface area contributed by atoms with Gasteiger partial charge in [-0.2, -0.15) is 0 Å². The summed E-state index contributed by atoms with van der Waals surface area (Å²) in [6.45, 7) is 10.9. The number of imide groups is 1. The van der Waals surface area contributed by atoms with Gasteiger partial charge in [0, 0.05) is 6.04 Å². The van der Waals surface area contributed by atoms with E-state index in [1.807, 2.05) is 13.8 Å². The van der Waals surface area contributed by atoms with Crippen molar-refractivity contribution in [1.82, 2.24) is 4.90 Å². The second-order valence-corrected chi connectivity index (χ2v) is 9.39. The Morgan fingerprint density at radius 3 is 2.16 bits per heavy atom. The second-order valence-electron chi connectivity index (χ2n) is 9.39. The molecule has 2 amide bonds. The molecule has 1 aliphatic carbocycles. The molecule has 0 aromatic rings. The van der Waals surface area contributed by atoms with Crippen molar-refractivity contribution in [2.45, 2.75) is 98.4 Å². The van der Waals surface area contributed by atoms with Gasteiger partial charge in [-0.3, -0.25) is 14.5 Å². The van der Waals surface area contributed by atoms with Crippen molar-refractivity contribution < 1.29 is 9.59 Å². The lowest BCUT2D eigenvalue weighted by Gasteiger charge is -2.29. The van der Waals surface area contributed by atoms with Crippen molar-refractivity contribution in [3.05, 3.63) is 0 Å². The van der Waals surface area contributed by atoms with Crippen molar-refractivity contribution in [2.75, 3.05) is 0 Å². The molecule has 0 spiro atoms. The van der Waals surface area contributed by atoms with E-state index >= 15 is 0 Å². The third-order valence-electron chi connectivity index (χ3n) is 6.37. The Morgan fingerprint density at radius 1 is 0.880 bits per heavy atom. The van der Waals surface area contributed by atoms with Crippen molar-refractivity contribution >= 4 is 11.8 Å². The quantitative estimate of drug-likeness (QED) is 0.521. The van der Waals surface area contributed by atoms with Crippen LogP contribution in [0.1, 0.15) is 92.4 Å². The van der Waals surface area contributed by atoms with Crippen LogP contribution in [0.15, 0.2) is 0 Å². The monoisotopic (exact) mass is 349 g/mol. The largest absolute Gasteiger partial charge is 0.280 e. The summed E-state index contributed by atoms with van der Waals surface area (Å²) in [6.07, 6.45) is 10.9. The molecule has 0 aromatic heterocycles. The van der Waals surface area contributed by atoms with Crippen LogP contribution in [0.5, 0.6) is 0 Å². The molecule has 1 saturated heterocycles. The Kier molecular flexibility index (Phi) is 7.51. The summed E-state index contributed by atoms with van der Waals surface area (Å²) in [5.41, 5.74) is 0. The van der Waals surface area contributed by atoms with E-state index in [-0.39, 0.29) is 29.7 Å². The molecular formula is C22H39NO2. The van der Waals surface area contributed by atoms with E-state index in [9.17, 15) is 9.59 Å². The molecule has 0 radical (unpaired) electrons. The number of hydrogen-bond donors (Lipinski definition) is 0. The fourth-order valence-corrected chi connectivity index (χ4v) is 4.84. The highest BCUT2D eigenvalue weighted by atomic mass is 16.2. The van der Waals surface area contributed by atoms with Crippen molar-refractivity contribution in [3.63, 3.8) is 0 Å². The minimum absolute atomic E-state index is 0.00994. The first-order chi connectivity index (χ1) is 11.8. The van der Waals surface area contributed by atoms with E-state index in [1.165, 1.54) is 43.4 Å². The number of carbonyl (C=O) groups is 2. The lowest BCUT2D eigenvalue weighted by atomic mass is 9.73. The smallest absolute Gasteiger partial charge is 0.233 e. The highest BCUT2D eigenvalue weighted by Gasteiger charge is 2.50. The van der Waals surface area contributed by atoms with Crippen LogP contribution in [0.3, 0.4) is 0 Å². The molecule has 1 saturated carbocycles. The maximum atomic E-state index is 12.6. The van der Waals surface area contributed by atoms with Gasteiger partial charge in [-0.1, -0.05) is 59.3 Å². The SMILES string of the molecule is CC(C)CCCC(C)CCCC1CCC2C(=O)N(C(C)C)C(=O)C2C1. The fourth-order valence-electron chi connectivity index (χ4n) is 4.84. The normalized spacial score (nSPS) is 28.1. The third kappa shape index (κ3) is 5.31. The van der Waals surface area contributed by atoms with Crippen molar-refractivity contribution in [3.8, 4) is 0 Å². The molecule has 144 valence electrons. The molecule has 3 heteroatoms. The first-order valence-corrected chi connectivity index (χ1v) is 10.7. The Labute approximate surface area is 154 Å². The van der Waals surface area contributed by atoms with E-state index in [0.29, 0.717) is 5.92 Å². The summed E-state index contributed by atoms with van der Waals surface area (Å²) >= 11 is 0. The summed E-state index contributed by atoms with van der Waals surface area (Å²) < 4.78 is 0. The minimum atomic E-state index is -0.0166. The van der Waals surface area contributed by atoms with E-state index in [2.05, 4.69) is 20.8 Å². The first-order valence-electron chi connectivity index (χ1n) is 10.7. The molecule has 1 heterocycles. The van der Waals surface area contributed by atoms with Crippen LogP contribution in [0.4, 0.5) is 0 Å². The van der Waals surface area contributed by atoms with Gasteiger partial charge < -0.3 is 0 Å². The number of likely N-dealkylation sites (tertiary alicyclic amines) is 1. The van der Waals surface area contributed by atoms with Gasteiger partial charge in [0.25, 0.3) is 0 Å². The number of fused-ring (bicyclic) bond motifs is 1. The van der Waals surface area contributed by atoms with Crippen molar-refractivity contribution in [2.24, 2.45) is 29.6 Å². The molecule has 4 unspecified atom stereocenters. The van der Waals surface area contributed by atoms with Crippen LogP contribution in [0.2, 0.25) is 0 Å². The maximum Gasteiger partial charge on any atom is 0.233 e. The Morgan fingerprint density at radius 2 is 1.52 bits per heavy atom. The number of nitrogens with zero attached hydrogens (tertiary/aromatic N) is 1. The molecule has 0 N–H and O–H groups in total. The van der Waals surface area contributed by atoms with Gasteiger partial charge in [0.05, 0.1) is 11.8 Å². The van der Waals surface area contributed by atoms with E-state index in [1.54, 1.807) is 0 Å². The Hall–Kier alpha value is -0.860. The molecule has 3 nitrogen and oxygen atoms in total. The standard InChI is InChI=1S/C22H39NO2/c1-15(2)8-6-9-17(5)10-7-11-18-12-13-19-20(14-18)22(25)23(16(3)4)21(19)24/h15-20H,6-14H2,1-5H3. The van der Waals surface area contributed by atoms with Gasteiger partial charge in [0.2, 0.25) is 11.8 Å². The molecule has 0 bridgehead atoms. The van der Waals surface area contributed by atoms with Crippen LogP contribution in [-0.2, 0) is 9.59 Å². The van der Waals surface area contributed by atoms with Crippen LogP contribution >= 0.6 is 0 Å². The molecule has 0 aromatic carbocycles. The van der Waals surface area contributed by atoms with Gasteiger partial charge in [-0.25, -0.2) is 0 Å². The molecular weight excluding hydrogens is 310 g/mol. The topological polar surface area (TPSA) is 37.4 Å². The van der Waals surface area contributed by atoms with E-state index in [0.717, 1.165) is 31.1 Å². The second kappa shape index (κ2) is 9.19. The zero-order chi connectivity index (χ0) is 18.6. The van der Waals surface area contributed by atoms with Crippen molar-refractivity contribution in [1.29, 1.82) is 0 Å². The summed E-state index contributed by atoms with van der Waals surface area (Å²) in [4.78, 5) is 26.6. The summed E-state index contributed by atoms with van der Waals surface area (Å²) in [7, 11) is 0. The van der Waals surface area contributed by atoms with Gasteiger partial charge in [0.15, 0.2) is 0 Å². The molecule has 2 rings (SSSR count). The predicted molar refractivity (Wildman–Crippen MR) is 103 cm³/mol. The van der Waals surface area contributed by atoms with Crippen LogP contribution in [0, 0.1) is 29.6 Å². The predicted octanol–water partition coefficient (Wildman–Crippen LogP) is 5.43. The van der Waals surface area contributed by atoms with E-state index in [4.69, 9.17) is 0 Å². The van der Waals surface area contributed by atoms with Gasteiger partial charge in [0.1, 0.15) is 0 Å². The highest BCUT2D eigenvalue weighted by Crippen LogP contribution is 2.42. The third-order valence-corrected chi connectivity index (χ3v) is 6.37. The first kappa shape index (κ1) is 20.5. The fraction of sp³-hybridized carbons (Fsp3) is 0.909. The van der Waals surface area contributed by atoms with Crippen LogP contribution in [0.25, 0.3) is 0 Å². The number of carbonyl (C=O) groups excluding carboxylic acids is 2. The summed E-state index contributed by atoms with van der Waals surface area (Å²) in [5, 5.41) is 0. The van der Waals surface area contributed by atoms with Gasteiger partial charge in [-0.05, 0) is 50.9 Å².